The summed E-state index contributed by atoms with van der Waals surface area (Å²) in [7, 11) is 0. The summed E-state index contributed by atoms with van der Waals surface area (Å²) in [5.74, 6) is -0.806. The highest BCUT2D eigenvalue weighted by atomic mass is 79.9. The Labute approximate surface area is 93.7 Å². The van der Waals surface area contributed by atoms with Crippen molar-refractivity contribution in [3.8, 4) is 0 Å². The summed E-state index contributed by atoms with van der Waals surface area (Å²) >= 11 is 3.34. The molecule has 0 aliphatic carbocycles. The first-order valence-corrected chi connectivity index (χ1v) is 5.07. The van der Waals surface area contributed by atoms with Gasteiger partial charge >= 0.3 is 0 Å². The van der Waals surface area contributed by atoms with Gasteiger partial charge in [0.2, 0.25) is 0 Å². The molecule has 6 heteroatoms. The Kier molecular flexibility index (Phi) is 2.44. The number of carbonyl (C=O) groups excluding carboxylic acids is 1. The SMILES string of the molecule is Cc1nc2nc(CC(=O)[O-])[nH]c2cc1Br. The summed E-state index contributed by atoms with van der Waals surface area (Å²) < 4.78 is 0.860. The van der Waals surface area contributed by atoms with E-state index < -0.39 is 5.97 Å². The lowest BCUT2D eigenvalue weighted by Gasteiger charge is -1.95. The molecular weight excluding hydrogens is 262 g/mol. The van der Waals surface area contributed by atoms with Crippen molar-refractivity contribution in [2.45, 2.75) is 13.3 Å². The molecule has 1 N–H and O–H groups in total. The number of rotatable bonds is 2. The molecule has 0 radical (unpaired) electrons. The quantitative estimate of drug-likeness (QED) is 0.851. The molecule has 2 heterocycles. The van der Waals surface area contributed by atoms with Crippen molar-refractivity contribution >= 4 is 33.1 Å². The molecule has 2 aromatic heterocycles. The monoisotopic (exact) mass is 268 g/mol. The number of fused-ring (bicyclic) bond motifs is 1. The minimum atomic E-state index is -1.16. The number of hydrogen-bond acceptors (Lipinski definition) is 4. The minimum Gasteiger partial charge on any atom is -0.550 e. The fourth-order valence-corrected chi connectivity index (χ4v) is 1.59. The number of hydrogen-bond donors (Lipinski definition) is 1. The molecule has 0 spiro atoms. The highest BCUT2D eigenvalue weighted by Crippen LogP contribution is 2.19. The number of aromatic amines is 1. The second-order valence-electron chi connectivity index (χ2n) is 3.16. The van der Waals surface area contributed by atoms with E-state index in [-0.39, 0.29) is 6.42 Å². The third kappa shape index (κ3) is 1.99. The van der Waals surface area contributed by atoms with Crippen LogP contribution in [0.25, 0.3) is 11.2 Å². The van der Waals surface area contributed by atoms with E-state index in [1.54, 1.807) is 0 Å². The first-order chi connectivity index (χ1) is 7.06. The largest absolute Gasteiger partial charge is 0.550 e. The number of aliphatic carboxylic acids is 1. The average Bonchev–Trinajstić information content (AvgIpc) is 2.46. The summed E-state index contributed by atoms with van der Waals surface area (Å²) in [5, 5.41) is 10.4. The van der Waals surface area contributed by atoms with Gasteiger partial charge < -0.3 is 14.9 Å². The van der Waals surface area contributed by atoms with Crippen LogP contribution in [0.2, 0.25) is 0 Å². The van der Waals surface area contributed by atoms with E-state index in [0.29, 0.717) is 17.0 Å². The highest BCUT2D eigenvalue weighted by Gasteiger charge is 2.06. The second kappa shape index (κ2) is 3.62. The number of halogens is 1. The van der Waals surface area contributed by atoms with E-state index in [2.05, 4.69) is 30.9 Å². The Balaban J connectivity index is 2.51. The number of carboxylic acids is 1. The first kappa shape index (κ1) is 10.1. The molecule has 0 unspecified atom stereocenters. The van der Waals surface area contributed by atoms with E-state index >= 15 is 0 Å². The molecule has 0 bridgehead atoms. The average molecular weight is 269 g/mol. The van der Waals surface area contributed by atoms with Crippen molar-refractivity contribution < 1.29 is 9.90 Å². The van der Waals surface area contributed by atoms with Gasteiger partial charge in [0.25, 0.3) is 0 Å². The molecule has 2 rings (SSSR count). The molecule has 0 saturated carbocycles. The molecule has 0 fully saturated rings. The Bertz CT molecular complexity index is 496. The van der Waals surface area contributed by atoms with Crippen molar-refractivity contribution in [3.63, 3.8) is 0 Å². The van der Waals surface area contributed by atoms with Crippen molar-refractivity contribution in [1.82, 2.24) is 15.0 Å². The number of aromatic nitrogens is 3. The lowest BCUT2D eigenvalue weighted by Crippen LogP contribution is -2.24. The molecule has 0 aliphatic heterocycles. The number of nitrogens with one attached hydrogen (secondary N) is 1. The molecular formula is C9H7BrN3O2-. The van der Waals surface area contributed by atoms with Gasteiger partial charge in [-0.25, -0.2) is 9.97 Å². The Hall–Kier alpha value is -1.43. The standard InChI is InChI=1S/C9H8BrN3O2/c1-4-5(10)2-6-9(11-4)13-7(12-6)3-8(14)15/h2H,3H2,1H3,(H,14,15)(H,11,12,13)/p-1. The van der Waals surface area contributed by atoms with Gasteiger partial charge in [-0.15, -0.1) is 0 Å². The number of pyridine rings is 1. The van der Waals surface area contributed by atoms with Crippen LogP contribution < -0.4 is 5.11 Å². The van der Waals surface area contributed by atoms with Crippen LogP contribution in [0.4, 0.5) is 0 Å². The molecule has 0 aromatic carbocycles. The molecule has 0 amide bonds. The van der Waals surface area contributed by atoms with Crippen LogP contribution in [0, 0.1) is 6.92 Å². The summed E-state index contributed by atoms with van der Waals surface area (Å²) in [5.41, 5.74) is 2.05. The summed E-state index contributed by atoms with van der Waals surface area (Å²) in [4.78, 5) is 21.5. The summed E-state index contributed by atoms with van der Waals surface area (Å²) in [6.45, 7) is 1.84. The first-order valence-electron chi connectivity index (χ1n) is 4.28. The second-order valence-corrected chi connectivity index (χ2v) is 4.01. The Morgan fingerprint density at radius 1 is 1.60 bits per heavy atom. The molecule has 78 valence electrons. The lowest BCUT2D eigenvalue weighted by molar-refractivity contribution is -0.304. The van der Waals surface area contributed by atoms with Gasteiger partial charge in [0.05, 0.1) is 11.2 Å². The van der Waals surface area contributed by atoms with Crippen molar-refractivity contribution in [2.75, 3.05) is 0 Å². The van der Waals surface area contributed by atoms with Gasteiger partial charge in [0.1, 0.15) is 5.82 Å². The van der Waals surface area contributed by atoms with E-state index in [1.807, 2.05) is 13.0 Å². The maximum atomic E-state index is 10.4. The van der Waals surface area contributed by atoms with Gasteiger partial charge in [0, 0.05) is 16.9 Å². The maximum Gasteiger partial charge on any atom is 0.178 e. The van der Waals surface area contributed by atoms with Crippen LogP contribution in [0.1, 0.15) is 11.5 Å². The van der Waals surface area contributed by atoms with E-state index in [4.69, 9.17) is 0 Å². The highest BCUT2D eigenvalue weighted by molar-refractivity contribution is 9.10. The Morgan fingerprint density at radius 3 is 3.00 bits per heavy atom. The molecule has 0 atom stereocenters. The van der Waals surface area contributed by atoms with Crippen LogP contribution in [-0.2, 0) is 11.2 Å². The third-order valence-corrected chi connectivity index (χ3v) is 2.77. The number of carboxylic acid groups (broad SMARTS) is 1. The number of H-pyrrole nitrogens is 1. The smallest absolute Gasteiger partial charge is 0.178 e. The van der Waals surface area contributed by atoms with E-state index in [9.17, 15) is 9.90 Å². The van der Waals surface area contributed by atoms with Gasteiger partial charge in [-0.05, 0) is 28.9 Å². The topological polar surface area (TPSA) is 81.7 Å². The van der Waals surface area contributed by atoms with Crippen LogP contribution in [-0.4, -0.2) is 20.9 Å². The van der Waals surface area contributed by atoms with Crippen LogP contribution in [0.5, 0.6) is 0 Å². The maximum absolute atomic E-state index is 10.4. The lowest BCUT2D eigenvalue weighted by atomic mass is 10.3. The van der Waals surface area contributed by atoms with Gasteiger partial charge in [0.15, 0.2) is 5.65 Å². The Morgan fingerprint density at radius 2 is 2.33 bits per heavy atom. The predicted molar refractivity (Wildman–Crippen MR) is 55.0 cm³/mol. The minimum absolute atomic E-state index is 0.229. The van der Waals surface area contributed by atoms with Gasteiger partial charge in [-0.3, -0.25) is 0 Å². The predicted octanol–water partition coefficient (Wildman–Crippen LogP) is 0.321. The fourth-order valence-electron chi connectivity index (χ4n) is 1.28. The molecule has 15 heavy (non-hydrogen) atoms. The summed E-state index contributed by atoms with van der Waals surface area (Å²) in [6.07, 6.45) is -0.229. The number of carbonyl (C=O) groups is 1. The van der Waals surface area contributed by atoms with Crippen molar-refractivity contribution in [1.29, 1.82) is 0 Å². The number of nitrogens with zero attached hydrogens (tertiary/aromatic N) is 2. The zero-order valence-corrected chi connectivity index (χ0v) is 9.46. The van der Waals surface area contributed by atoms with Crippen molar-refractivity contribution in [3.05, 3.63) is 22.1 Å². The fraction of sp³-hybridized carbons (Fsp3) is 0.222. The molecule has 0 saturated heterocycles. The van der Waals surface area contributed by atoms with Crippen LogP contribution in [0.15, 0.2) is 10.5 Å². The third-order valence-electron chi connectivity index (χ3n) is 1.96. The molecule has 2 aromatic rings. The normalized spacial score (nSPS) is 10.8. The van der Waals surface area contributed by atoms with E-state index in [0.717, 1.165) is 10.2 Å². The zero-order chi connectivity index (χ0) is 11.0. The zero-order valence-electron chi connectivity index (χ0n) is 7.87. The van der Waals surface area contributed by atoms with Crippen molar-refractivity contribution in [2.24, 2.45) is 0 Å². The van der Waals surface area contributed by atoms with E-state index in [1.165, 1.54) is 0 Å². The number of aryl methyl sites for hydroxylation is 1. The number of imidazole rings is 1. The van der Waals surface area contributed by atoms with Crippen LogP contribution >= 0.6 is 15.9 Å². The molecule has 0 aliphatic rings. The van der Waals surface area contributed by atoms with Gasteiger partial charge in [-0.2, -0.15) is 0 Å². The summed E-state index contributed by atoms with van der Waals surface area (Å²) in [6, 6.07) is 1.82. The molecule has 5 nitrogen and oxygen atoms in total. The van der Waals surface area contributed by atoms with Crippen LogP contribution in [0.3, 0.4) is 0 Å². The van der Waals surface area contributed by atoms with Gasteiger partial charge in [-0.1, -0.05) is 0 Å².